The lowest BCUT2D eigenvalue weighted by molar-refractivity contribution is -0.385. The van der Waals surface area contributed by atoms with Gasteiger partial charge in [-0.3, -0.25) is 29.1 Å². The molecule has 9 nitrogen and oxygen atoms in total. The number of nitro groups is 1. The van der Waals surface area contributed by atoms with Crippen molar-refractivity contribution in [2.24, 2.45) is 0 Å². The molecule has 24 heavy (non-hydrogen) atoms. The highest BCUT2D eigenvalue weighted by Gasteiger charge is 2.27. The van der Waals surface area contributed by atoms with Crippen LogP contribution in [0.1, 0.15) is 32.1 Å². The van der Waals surface area contributed by atoms with Crippen molar-refractivity contribution in [2.75, 3.05) is 6.54 Å². The first-order chi connectivity index (χ1) is 11.4. The van der Waals surface area contributed by atoms with Gasteiger partial charge in [0.2, 0.25) is 5.91 Å². The molecule has 1 aliphatic heterocycles. The summed E-state index contributed by atoms with van der Waals surface area (Å²) in [6.45, 7) is 0.219. The van der Waals surface area contributed by atoms with Crippen molar-refractivity contribution < 1.29 is 19.6 Å². The van der Waals surface area contributed by atoms with Crippen LogP contribution in [0.15, 0.2) is 23.1 Å². The van der Waals surface area contributed by atoms with Crippen molar-refractivity contribution in [1.82, 2.24) is 9.47 Å². The van der Waals surface area contributed by atoms with Gasteiger partial charge >= 0.3 is 5.97 Å². The van der Waals surface area contributed by atoms with E-state index in [0.717, 1.165) is 42.2 Å². The fourth-order valence-corrected chi connectivity index (χ4v) is 2.91. The number of hydrogen-bond acceptors (Lipinski definition) is 5. The summed E-state index contributed by atoms with van der Waals surface area (Å²) < 4.78 is 1.02. The lowest BCUT2D eigenvalue weighted by atomic mass is 9.98. The van der Waals surface area contributed by atoms with Crippen molar-refractivity contribution in [3.63, 3.8) is 0 Å². The number of carboxylic acid groups (broad SMARTS) is 1. The molecule has 1 aromatic heterocycles. The predicted molar refractivity (Wildman–Crippen MR) is 83.6 cm³/mol. The summed E-state index contributed by atoms with van der Waals surface area (Å²) in [4.78, 5) is 46.8. The molecule has 2 rings (SSSR count). The van der Waals surface area contributed by atoms with Crippen LogP contribution < -0.4 is 5.56 Å². The maximum atomic E-state index is 12.5. The molecule has 1 unspecified atom stereocenters. The van der Waals surface area contributed by atoms with E-state index in [2.05, 4.69) is 0 Å². The summed E-state index contributed by atoms with van der Waals surface area (Å²) in [5.74, 6) is -1.24. The number of likely N-dealkylation sites (tertiary alicyclic amines) is 1. The van der Waals surface area contributed by atoms with Gasteiger partial charge in [-0.05, 0) is 25.7 Å². The van der Waals surface area contributed by atoms with E-state index in [1.807, 2.05) is 0 Å². The second kappa shape index (κ2) is 7.71. The Labute approximate surface area is 137 Å². The largest absolute Gasteiger partial charge is 0.481 e. The minimum Gasteiger partial charge on any atom is -0.481 e. The summed E-state index contributed by atoms with van der Waals surface area (Å²) in [7, 11) is 0. The number of nitrogens with zero attached hydrogens (tertiary/aromatic N) is 3. The molecule has 0 saturated carbocycles. The van der Waals surface area contributed by atoms with Crippen LogP contribution >= 0.6 is 0 Å². The van der Waals surface area contributed by atoms with Gasteiger partial charge in [-0.15, -0.1) is 0 Å². The summed E-state index contributed by atoms with van der Waals surface area (Å²) in [6, 6.07) is 1.99. The van der Waals surface area contributed by atoms with E-state index in [-0.39, 0.29) is 30.6 Å². The fraction of sp³-hybridized carbons (Fsp3) is 0.533. The maximum absolute atomic E-state index is 12.5. The van der Waals surface area contributed by atoms with Crippen LogP contribution in [0.3, 0.4) is 0 Å². The smallest absolute Gasteiger partial charge is 0.303 e. The van der Waals surface area contributed by atoms with E-state index >= 15 is 0 Å². The number of carbonyl (C=O) groups excluding carboxylic acids is 1. The standard InChI is InChI=1S/C15H19N3O6/c19-13-6-4-12(18(23)24)9-16(13)10-14(20)17-8-2-1-3-11(17)5-7-15(21)22/h4,6,9,11H,1-3,5,7-8,10H2,(H,21,22). The first-order valence-electron chi connectivity index (χ1n) is 7.74. The van der Waals surface area contributed by atoms with E-state index in [0.29, 0.717) is 13.0 Å². The number of piperidine rings is 1. The third kappa shape index (κ3) is 4.40. The van der Waals surface area contributed by atoms with E-state index in [4.69, 9.17) is 5.11 Å². The van der Waals surface area contributed by atoms with Crippen molar-refractivity contribution in [3.8, 4) is 0 Å². The molecular formula is C15H19N3O6. The number of carbonyl (C=O) groups is 2. The average molecular weight is 337 g/mol. The van der Waals surface area contributed by atoms with Crippen LogP contribution in [-0.4, -0.2) is 44.0 Å². The molecule has 130 valence electrons. The zero-order valence-electron chi connectivity index (χ0n) is 13.1. The van der Waals surface area contributed by atoms with Crippen molar-refractivity contribution in [2.45, 2.75) is 44.7 Å². The highest BCUT2D eigenvalue weighted by Crippen LogP contribution is 2.21. The van der Waals surface area contributed by atoms with Crippen LogP contribution in [-0.2, 0) is 16.1 Å². The molecule has 1 aliphatic rings. The molecule has 9 heteroatoms. The summed E-state index contributed by atoms with van der Waals surface area (Å²) in [5, 5.41) is 19.6. The predicted octanol–water partition coefficient (Wildman–Crippen LogP) is 1.00. The maximum Gasteiger partial charge on any atom is 0.303 e. The van der Waals surface area contributed by atoms with Crippen molar-refractivity contribution in [1.29, 1.82) is 0 Å². The Bertz CT molecular complexity index is 699. The molecule has 2 heterocycles. The van der Waals surface area contributed by atoms with Crippen LogP contribution in [0.5, 0.6) is 0 Å². The number of aliphatic carboxylic acids is 1. The van der Waals surface area contributed by atoms with Gasteiger partial charge < -0.3 is 10.0 Å². The van der Waals surface area contributed by atoms with Gasteiger partial charge in [-0.1, -0.05) is 0 Å². The minimum atomic E-state index is -0.914. The topological polar surface area (TPSA) is 123 Å². The zero-order valence-corrected chi connectivity index (χ0v) is 13.1. The molecule has 0 bridgehead atoms. The SMILES string of the molecule is O=C(O)CCC1CCCCN1C(=O)Cn1cc([N+](=O)[O-])ccc1=O. The van der Waals surface area contributed by atoms with Crippen LogP contribution in [0.25, 0.3) is 0 Å². The number of carboxylic acids is 1. The molecule has 1 aromatic rings. The van der Waals surface area contributed by atoms with E-state index in [1.165, 1.54) is 0 Å². The quantitative estimate of drug-likeness (QED) is 0.610. The van der Waals surface area contributed by atoms with Crippen LogP contribution in [0.4, 0.5) is 5.69 Å². The number of pyridine rings is 1. The van der Waals surface area contributed by atoms with Gasteiger partial charge in [-0.2, -0.15) is 0 Å². The van der Waals surface area contributed by atoms with Gasteiger partial charge in [0.15, 0.2) is 0 Å². The number of aromatic nitrogens is 1. The van der Waals surface area contributed by atoms with Gasteiger partial charge in [0.1, 0.15) is 6.54 Å². The number of amides is 1. The van der Waals surface area contributed by atoms with Crippen LogP contribution in [0, 0.1) is 10.1 Å². The number of rotatable bonds is 6. The van der Waals surface area contributed by atoms with Gasteiger partial charge in [-0.25, -0.2) is 0 Å². The average Bonchev–Trinajstić information content (AvgIpc) is 2.54. The van der Waals surface area contributed by atoms with Gasteiger partial charge in [0, 0.05) is 31.1 Å². The van der Waals surface area contributed by atoms with E-state index in [1.54, 1.807) is 4.90 Å². The van der Waals surface area contributed by atoms with Crippen molar-refractivity contribution in [3.05, 3.63) is 38.8 Å². The molecule has 1 amide bonds. The van der Waals surface area contributed by atoms with Crippen molar-refractivity contribution >= 4 is 17.6 Å². The van der Waals surface area contributed by atoms with Gasteiger partial charge in [0.05, 0.1) is 11.1 Å². The molecule has 0 aromatic carbocycles. The van der Waals surface area contributed by atoms with E-state index < -0.39 is 16.5 Å². The Balaban J connectivity index is 2.12. The second-order valence-corrected chi connectivity index (χ2v) is 5.78. The van der Waals surface area contributed by atoms with Gasteiger partial charge in [0.25, 0.3) is 11.2 Å². The summed E-state index contributed by atoms with van der Waals surface area (Å²) in [5.41, 5.74) is -0.753. The molecular weight excluding hydrogens is 318 g/mol. The normalized spacial score (nSPS) is 17.5. The summed E-state index contributed by atoms with van der Waals surface area (Å²) in [6.07, 6.45) is 3.86. The lowest BCUT2D eigenvalue weighted by Crippen LogP contribution is -2.46. The highest BCUT2D eigenvalue weighted by molar-refractivity contribution is 5.76. The lowest BCUT2D eigenvalue weighted by Gasteiger charge is -2.35. The Kier molecular flexibility index (Phi) is 5.67. The molecule has 0 radical (unpaired) electrons. The Morgan fingerprint density at radius 2 is 2.08 bits per heavy atom. The molecule has 0 aliphatic carbocycles. The van der Waals surface area contributed by atoms with E-state index in [9.17, 15) is 24.5 Å². The summed E-state index contributed by atoms with van der Waals surface area (Å²) >= 11 is 0. The molecule has 1 atom stereocenters. The number of hydrogen-bond donors (Lipinski definition) is 1. The molecule has 1 saturated heterocycles. The Morgan fingerprint density at radius 3 is 2.75 bits per heavy atom. The highest BCUT2D eigenvalue weighted by atomic mass is 16.6. The molecule has 0 spiro atoms. The molecule has 1 fully saturated rings. The third-order valence-electron chi connectivity index (χ3n) is 4.12. The Morgan fingerprint density at radius 1 is 1.33 bits per heavy atom. The molecule has 1 N–H and O–H groups in total. The fourth-order valence-electron chi connectivity index (χ4n) is 2.91. The monoisotopic (exact) mass is 337 g/mol. The zero-order chi connectivity index (χ0) is 17.7. The minimum absolute atomic E-state index is 0.0226. The first kappa shape index (κ1) is 17.6. The van der Waals surface area contributed by atoms with Crippen LogP contribution in [0.2, 0.25) is 0 Å². The Hall–Kier alpha value is -2.71. The second-order valence-electron chi connectivity index (χ2n) is 5.78. The third-order valence-corrected chi connectivity index (χ3v) is 4.12. The first-order valence-corrected chi connectivity index (χ1v) is 7.74.